The minimum atomic E-state index is -0.00892. The fourth-order valence-corrected chi connectivity index (χ4v) is 5.46. The summed E-state index contributed by atoms with van der Waals surface area (Å²) in [5, 5.41) is 0. The summed E-state index contributed by atoms with van der Waals surface area (Å²) in [6.45, 7) is 1.49. The van der Waals surface area contributed by atoms with Gasteiger partial charge in [-0.25, -0.2) is 0 Å². The number of carbonyl (C=O) groups excluding carboxylic acids is 1. The quantitative estimate of drug-likeness (QED) is 0.508. The number of rotatable bonds is 6. The van der Waals surface area contributed by atoms with Crippen LogP contribution in [0.5, 0.6) is 23.0 Å². The smallest absolute Gasteiger partial charge is 0.164 e. The molecule has 2 aliphatic rings. The summed E-state index contributed by atoms with van der Waals surface area (Å²) < 4.78 is 22.3. The molecule has 0 fully saturated rings. The SMILES string of the molecule is COc1cc2c(cc1OC)[C@@H]1CC(=O)c3cc(OC)c(OC)cc3[C@H]1N(Cc1ccccc1)C2. The van der Waals surface area contributed by atoms with Crippen LogP contribution in [0.25, 0.3) is 0 Å². The molecule has 6 heteroatoms. The molecule has 0 amide bonds. The Bertz CT molecular complexity index is 1220. The summed E-state index contributed by atoms with van der Waals surface area (Å²) in [5.41, 5.74) is 5.22. The van der Waals surface area contributed by atoms with E-state index in [1.54, 1.807) is 28.4 Å². The summed E-state index contributed by atoms with van der Waals surface area (Å²) in [6, 6.07) is 18.4. The van der Waals surface area contributed by atoms with Crippen LogP contribution in [0, 0.1) is 0 Å². The monoisotopic (exact) mass is 459 g/mol. The molecule has 0 bridgehead atoms. The maximum absolute atomic E-state index is 13.4. The Morgan fingerprint density at radius 1 is 0.794 bits per heavy atom. The van der Waals surface area contributed by atoms with Gasteiger partial charge in [-0.2, -0.15) is 0 Å². The lowest BCUT2D eigenvalue weighted by atomic mass is 9.71. The van der Waals surface area contributed by atoms with E-state index in [1.807, 2.05) is 24.3 Å². The van der Waals surface area contributed by atoms with E-state index >= 15 is 0 Å². The van der Waals surface area contributed by atoms with Crippen molar-refractivity contribution in [1.82, 2.24) is 4.90 Å². The normalized spacial score (nSPS) is 19.0. The Balaban J connectivity index is 1.69. The highest BCUT2D eigenvalue weighted by molar-refractivity contribution is 6.00. The standard InChI is InChI=1S/C28H29NO5/c1-31-24-10-18-16-29(15-17-8-6-5-7-9-17)28-21(19(18)12-25(24)32-2)11-23(30)20-13-26(33-3)27(34-4)14-22(20)28/h5-10,12-14,21,28H,11,15-16H2,1-4H3/t21-,28-/m0/s1. The molecule has 0 aromatic heterocycles. The van der Waals surface area contributed by atoms with Gasteiger partial charge in [-0.05, 0) is 46.5 Å². The van der Waals surface area contributed by atoms with Gasteiger partial charge in [0.2, 0.25) is 0 Å². The largest absolute Gasteiger partial charge is 0.493 e. The zero-order valence-electron chi connectivity index (χ0n) is 20.0. The number of carbonyl (C=O) groups is 1. The molecule has 1 aliphatic heterocycles. The maximum atomic E-state index is 13.4. The van der Waals surface area contributed by atoms with E-state index in [4.69, 9.17) is 18.9 Å². The summed E-state index contributed by atoms with van der Waals surface area (Å²) in [5.74, 6) is 2.69. The highest BCUT2D eigenvalue weighted by atomic mass is 16.5. The van der Waals surface area contributed by atoms with Gasteiger partial charge in [-0.15, -0.1) is 0 Å². The van der Waals surface area contributed by atoms with E-state index in [0.29, 0.717) is 35.0 Å². The van der Waals surface area contributed by atoms with Crippen molar-refractivity contribution >= 4 is 5.78 Å². The van der Waals surface area contributed by atoms with Crippen LogP contribution in [0.2, 0.25) is 0 Å². The third kappa shape index (κ3) is 3.68. The van der Waals surface area contributed by atoms with Crippen molar-refractivity contribution in [3.63, 3.8) is 0 Å². The minimum absolute atomic E-state index is 0.00892. The summed E-state index contributed by atoms with van der Waals surface area (Å²) in [4.78, 5) is 15.8. The van der Waals surface area contributed by atoms with Gasteiger partial charge in [0.15, 0.2) is 28.8 Å². The third-order valence-electron chi connectivity index (χ3n) is 7.00. The zero-order valence-corrected chi connectivity index (χ0v) is 20.0. The molecule has 0 unspecified atom stereocenters. The highest BCUT2D eigenvalue weighted by Gasteiger charge is 2.43. The first-order valence-corrected chi connectivity index (χ1v) is 11.4. The van der Waals surface area contributed by atoms with Gasteiger partial charge in [-0.1, -0.05) is 30.3 Å². The Hall–Kier alpha value is -3.51. The molecule has 34 heavy (non-hydrogen) atoms. The second-order valence-corrected chi connectivity index (χ2v) is 8.77. The number of methoxy groups -OCH3 is 4. The predicted molar refractivity (Wildman–Crippen MR) is 129 cm³/mol. The molecule has 0 N–H and O–H groups in total. The fourth-order valence-electron chi connectivity index (χ4n) is 5.46. The zero-order chi connectivity index (χ0) is 23.8. The van der Waals surface area contributed by atoms with Gasteiger partial charge in [0.1, 0.15) is 0 Å². The van der Waals surface area contributed by atoms with Crippen molar-refractivity contribution in [1.29, 1.82) is 0 Å². The van der Waals surface area contributed by atoms with E-state index in [0.717, 1.165) is 29.8 Å². The van der Waals surface area contributed by atoms with Crippen LogP contribution in [0.15, 0.2) is 54.6 Å². The van der Waals surface area contributed by atoms with Crippen molar-refractivity contribution in [2.45, 2.75) is 31.5 Å². The van der Waals surface area contributed by atoms with Crippen LogP contribution in [0.3, 0.4) is 0 Å². The highest BCUT2D eigenvalue weighted by Crippen LogP contribution is 2.52. The van der Waals surface area contributed by atoms with Gasteiger partial charge in [0.25, 0.3) is 0 Å². The van der Waals surface area contributed by atoms with Gasteiger partial charge in [-0.3, -0.25) is 9.69 Å². The minimum Gasteiger partial charge on any atom is -0.493 e. The molecule has 3 aromatic carbocycles. The van der Waals surface area contributed by atoms with Crippen LogP contribution in [-0.4, -0.2) is 39.1 Å². The number of ketones is 1. The fraction of sp³-hybridized carbons (Fsp3) is 0.321. The number of fused-ring (bicyclic) bond motifs is 5. The molecule has 1 aliphatic carbocycles. The number of hydrogen-bond donors (Lipinski definition) is 0. The van der Waals surface area contributed by atoms with Crippen molar-refractivity contribution in [3.05, 3.63) is 82.4 Å². The third-order valence-corrected chi connectivity index (χ3v) is 7.00. The van der Waals surface area contributed by atoms with Crippen LogP contribution in [0.4, 0.5) is 0 Å². The van der Waals surface area contributed by atoms with Crippen LogP contribution < -0.4 is 18.9 Å². The van der Waals surface area contributed by atoms with Crippen molar-refractivity contribution in [2.75, 3.05) is 28.4 Å². The molecule has 5 rings (SSSR count). The Morgan fingerprint density at radius 3 is 2.03 bits per heavy atom. The number of hydrogen-bond acceptors (Lipinski definition) is 6. The first-order chi connectivity index (χ1) is 16.6. The van der Waals surface area contributed by atoms with Gasteiger partial charge >= 0.3 is 0 Å². The lowest BCUT2D eigenvalue weighted by Gasteiger charge is -2.46. The number of nitrogens with zero attached hydrogens (tertiary/aromatic N) is 1. The molecule has 1 heterocycles. The molecular formula is C28H29NO5. The second kappa shape index (κ2) is 9.03. The van der Waals surface area contributed by atoms with Crippen LogP contribution in [-0.2, 0) is 13.1 Å². The lowest BCUT2D eigenvalue weighted by molar-refractivity contribution is 0.0847. The molecule has 6 nitrogen and oxygen atoms in total. The van der Waals surface area contributed by atoms with Crippen LogP contribution in [0.1, 0.15) is 51.0 Å². The van der Waals surface area contributed by atoms with Crippen LogP contribution >= 0.6 is 0 Å². The second-order valence-electron chi connectivity index (χ2n) is 8.77. The van der Waals surface area contributed by atoms with E-state index in [-0.39, 0.29) is 17.7 Å². The van der Waals surface area contributed by atoms with Gasteiger partial charge in [0, 0.05) is 37.0 Å². The Kier molecular flexibility index (Phi) is 5.92. The van der Waals surface area contributed by atoms with Crippen molar-refractivity contribution in [3.8, 4) is 23.0 Å². The van der Waals surface area contributed by atoms with E-state index in [9.17, 15) is 4.79 Å². The molecule has 0 spiro atoms. The van der Waals surface area contributed by atoms with Crippen molar-refractivity contribution < 1.29 is 23.7 Å². The van der Waals surface area contributed by atoms with E-state index < -0.39 is 0 Å². The lowest BCUT2D eigenvalue weighted by Crippen LogP contribution is -2.40. The average Bonchev–Trinajstić information content (AvgIpc) is 2.87. The molecule has 0 saturated carbocycles. The number of ether oxygens (including phenoxy) is 4. The first-order valence-electron chi connectivity index (χ1n) is 11.4. The van der Waals surface area contributed by atoms with Crippen molar-refractivity contribution in [2.24, 2.45) is 0 Å². The Morgan fingerprint density at radius 2 is 1.38 bits per heavy atom. The molecule has 176 valence electrons. The summed E-state index contributed by atoms with van der Waals surface area (Å²) in [6.07, 6.45) is 0.418. The summed E-state index contributed by atoms with van der Waals surface area (Å²) in [7, 11) is 6.52. The molecule has 0 saturated heterocycles. The van der Waals surface area contributed by atoms with Gasteiger partial charge < -0.3 is 18.9 Å². The predicted octanol–water partition coefficient (Wildman–Crippen LogP) is 5.15. The van der Waals surface area contributed by atoms with E-state index in [1.165, 1.54) is 5.56 Å². The Labute approximate surface area is 200 Å². The number of Topliss-reactive ketones (excluding diaryl/α,β-unsaturated/α-hetero) is 1. The molecule has 0 radical (unpaired) electrons. The molecule has 2 atom stereocenters. The maximum Gasteiger partial charge on any atom is 0.164 e. The summed E-state index contributed by atoms with van der Waals surface area (Å²) >= 11 is 0. The first kappa shape index (κ1) is 22.3. The average molecular weight is 460 g/mol. The topological polar surface area (TPSA) is 57.2 Å². The van der Waals surface area contributed by atoms with Gasteiger partial charge in [0.05, 0.1) is 28.4 Å². The molecule has 3 aromatic rings. The number of benzene rings is 3. The van der Waals surface area contributed by atoms with E-state index in [2.05, 4.69) is 35.2 Å². The molecular weight excluding hydrogens is 430 g/mol.